The van der Waals surface area contributed by atoms with Gasteiger partial charge in [-0.25, -0.2) is 0 Å². The topological polar surface area (TPSA) is 108 Å². The molecule has 3 N–H and O–H groups in total. The predicted molar refractivity (Wildman–Crippen MR) is 108 cm³/mol. The van der Waals surface area contributed by atoms with Gasteiger partial charge in [0, 0.05) is 24.5 Å². The van der Waals surface area contributed by atoms with Crippen LogP contribution in [-0.4, -0.2) is 52.7 Å². The Labute approximate surface area is 174 Å². The van der Waals surface area contributed by atoms with Crippen molar-refractivity contribution in [3.8, 4) is 0 Å². The molecule has 3 fully saturated rings. The molecule has 158 valence electrons. The summed E-state index contributed by atoms with van der Waals surface area (Å²) in [4.78, 5) is 50.4. The van der Waals surface area contributed by atoms with Gasteiger partial charge >= 0.3 is 0 Å². The van der Waals surface area contributed by atoms with Crippen molar-refractivity contribution in [2.24, 2.45) is 0 Å². The summed E-state index contributed by atoms with van der Waals surface area (Å²) in [5.41, 5.74) is 1.72. The van der Waals surface area contributed by atoms with Crippen LogP contribution in [0.25, 0.3) is 0 Å². The molecule has 0 aromatic heterocycles. The summed E-state index contributed by atoms with van der Waals surface area (Å²) in [6.45, 7) is 1.65. The van der Waals surface area contributed by atoms with E-state index in [4.69, 9.17) is 0 Å². The first-order valence-electron chi connectivity index (χ1n) is 10.8. The largest absolute Gasteiger partial charge is 0.312 e. The molecule has 2 saturated heterocycles. The van der Waals surface area contributed by atoms with Crippen LogP contribution >= 0.6 is 0 Å². The fraction of sp³-hybridized carbons (Fsp3) is 0.545. The second-order valence-electron chi connectivity index (χ2n) is 8.84. The molecule has 1 aromatic carbocycles. The maximum atomic E-state index is 13.0. The van der Waals surface area contributed by atoms with E-state index in [0.29, 0.717) is 23.7 Å². The molecule has 3 aliphatic heterocycles. The fourth-order valence-corrected chi connectivity index (χ4v) is 5.51. The smallest absolute Gasteiger partial charge is 0.262 e. The molecule has 4 amide bonds. The molecule has 3 atom stereocenters. The number of benzene rings is 1. The van der Waals surface area contributed by atoms with Crippen LogP contribution in [0.4, 0.5) is 0 Å². The maximum Gasteiger partial charge on any atom is 0.262 e. The highest BCUT2D eigenvalue weighted by molar-refractivity contribution is 6.23. The summed E-state index contributed by atoms with van der Waals surface area (Å²) >= 11 is 0. The number of piperidine rings is 1. The van der Waals surface area contributed by atoms with Crippen molar-refractivity contribution in [1.82, 2.24) is 20.9 Å². The highest BCUT2D eigenvalue weighted by Crippen LogP contribution is 2.35. The first-order chi connectivity index (χ1) is 14.5. The zero-order valence-corrected chi connectivity index (χ0v) is 16.8. The lowest BCUT2D eigenvalue weighted by atomic mass is 9.78. The molecule has 1 aliphatic carbocycles. The van der Waals surface area contributed by atoms with Crippen LogP contribution in [0, 0.1) is 0 Å². The Balaban J connectivity index is 1.34. The molecule has 0 radical (unpaired) electrons. The number of rotatable bonds is 4. The number of carbonyl (C=O) groups is 4. The minimum Gasteiger partial charge on any atom is -0.312 e. The molecular weight excluding hydrogens is 384 g/mol. The van der Waals surface area contributed by atoms with E-state index in [9.17, 15) is 19.2 Å². The molecule has 8 heteroatoms. The minimum absolute atomic E-state index is 0.107. The number of hydrogen-bond acceptors (Lipinski definition) is 6. The molecule has 4 aliphatic rings. The van der Waals surface area contributed by atoms with Crippen molar-refractivity contribution in [2.75, 3.05) is 6.54 Å². The molecule has 1 aromatic rings. The minimum atomic E-state index is -0.928. The van der Waals surface area contributed by atoms with Gasteiger partial charge in [-0.05, 0) is 49.9 Å². The third-order valence-electron chi connectivity index (χ3n) is 7.14. The zero-order valence-electron chi connectivity index (χ0n) is 16.8. The highest BCUT2D eigenvalue weighted by atomic mass is 16.2. The number of nitrogens with zero attached hydrogens (tertiary/aromatic N) is 1. The molecule has 1 saturated carbocycles. The number of imide groups is 2. The van der Waals surface area contributed by atoms with Gasteiger partial charge in [0.05, 0.1) is 11.1 Å². The quantitative estimate of drug-likeness (QED) is 0.636. The van der Waals surface area contributed by atoms with E-state index in [1.54, 1.807) is 12.1 Å². The highest BCUT2D eigenvalue weighted by Gasteiger charge is 2.45. The van der Waals surface area contributed by atoms with Gasteiger partial charge < -0.3 is 10.6 Å². The number of hydrogen-bond donors (Lipinski definition) is 3. The predicted octanol–water partition coefficient (Wildman–Crippen LogP) is 0.852. The van der Waals surface area contributed by atoms with E-state index in [0.717, 1.165) is 29.8 Å². The Morgan fingerprint density at radius 1 is 1.03 bits per heavy atom. The van der Waals surface area contributed by atoms with E-state index in [2.05, 4.69) is 16.0 Å². The Kier molecular flexibility index (Phi) is 4.71. The lowest BCUT2D eigenvalue weighted by Gasteiger charge is -2.40. The van der Waals surface area contributed by atoms with Crippen LogP contribution in [0.3, 0.4) is 0 Å². The summed E-state index contributed by atoms with van der Waals surface area (Å²) in [5, 5.41) is 9.58. The van der Waals surface area contributed by atoms with Crippen molar-refractivity contribution < 1.29 is 19.2 Å². The standard InChI is InChI=1S/C22H26N4O4/c27-18-7-6-16(19(28)25-18)26-20(29)14-5-4-13(11-15(14)21(26)30)12-24-22-8-2-1-3-17(22)23-10-9-22/h4-5,11,16-17,23-24H,1-3,6-10,12H2,(H,25,27,28). The van der Waals surface area contributed by atoms with Crippen LogP contribution in [0.5, 0.6) is 0 Å². The molecule has 3 heterocycles. The molecule has 8 nitrogen and oxygen atoms in total. The average Bonchev–Trinajstić information content (AvgIpc) is 3.27. The van der Waals surface area contributed by atoms with Crippen LogP contribution in [-0.2, 0) is 16.1 Å². The molecule has 30 heavy (non-hydrogen) atoms. The molecule has 5 rings (SSSR count). The van der Waals surface area contributed by atoms with Crippen LogP contribution in [0.15, 0.2) is 18.2 Å². The maximum absolute atomic E-state index is 13.0. The fourth-order valence-electron chi connectivity index (χ4n) is 5.51. The van der Waals surface area contributed by atoms with Gasteiger partial charge in [0.2, 0.25) is 11.8 Å². The molecule has 0 bridgehead atoms. The van der Waals surface area contributed by atoms with Gasteiger partial charge in [0.15, 0.2) is 0 Å². The van der Waals surface area contributed by atoms with Gasteiger partial charge in [0.1, 0.15) is 6.04 Å². The van der Waals surface area contributed by atoms with E-state index in [1.807, 2.05) is 6.07 Å². The number of amides is 4. The van der Waals surface area contributed by atoms with Crippen molar-refractivity contribution in [1.29, 1.82) is 0 Å². The Hall–Kier alpha value is -2.58. The Morgan fingerprint density at radius 3 is 2.70 bits per heavy atom. The van der Waals surface area contributed by atoms with E-state index in [1.165, 1.54) is 19.3 Å². The second-order valence-corrected chi connectivity index (χ2v) is 8.84. The molecule has 0 spiro atoms. The molecular formula is C22H26N4O4. The summed E-state index contributed by atoms with van der Waals surface area (Å²) in [6, 6.07) is 4.89. The molecule has 3 unspecified atom stereocenters. The second kappa shape index (κ2) is 7.28. The van der Waals surface area contributed by atoms with E-state index in [-0.39, 0.29) is 24.3 Å². The van der Waals surface area contributed by atoms with Crippen LogP contribution in [0.1, 0.15) is 71.2 Å². The lowest BCUT2D eigenvalue weighted by Crippen LogP contribution is -2.55. The summed E-state index contributed by atoms with van der Waals surface area (Å²) in [5.74, 6) is -1.88. The van der Waals surface area contributed by atoms with Gasteiger partial charge in [-0.2, -0.15) is 0 Å². The van der Waals surface area contributed by atoms with Crippen molar-refractivity contribution in [3.05, 3.63) is 34.9 Å². The first kappa shape index (κ1) is 19.4. The summed E-state index contributed by atoms with van der Waals surface area (Å²) in [6.07, 6.45) is 6.21. The Bertz CT molecular complexity index is 945. The van der Waals surface area contributed by atoms with Crippen LogP contribution in [0.2, 0.25) is 0 Å². The normalized spacial score (nSPS) is 31.0. The number of nitrogens with one attached hydrogen (secondary N) is 3. The first-order valence-corrected chi connectivity index (χ1v) is 10.8. The van der Waals surface area contributed by atoms with Crippen molar-refractivity contribution in [2.45, 2.75) is 69.1 Å². The number of carbonyl (C=O) groups excluding carboxylic acids is 4. The van der Waals surface area contributed by atoms with E-state index >= 15 is 0 Å². The van der Waals surface area contributed by atoms with Crippen LogP contribution < -0.4 is 16.0 Å². The Morgan fingerprint density at radius 2 is 1.87 bits per heavy atom. The number of fused-ring (bicyclic) bond motifs is 2. The van der Waals surface area contributed by atoms with Crippen molar-refractivity contribution >= 4 is 23.6 Å². The summed E-state index contributed by atoms with van der Waals surface area (Å²) < 4.78 is 0. The van der Waals surface area contributed by atoms with Gasteiger partial charge in [-0.15, -0.1) is 0 Å². The SMILES string of the molecule is O=C1CCC(N2C(=O)c3ccc(CNC45CCCCC4NCC5)cc3C2=O)C(=O)N1. The van der Waals surface area contributed by atoms with Gasteiger partial charge in [-0.1, -0.05) is 18.9 Å². The van der Waals surface area contributed by atoms with E-state index < -0.39 is 23.8 Å². The monoisotopic (exact) mass is 410 g/mol. The van der Waals surface area contributed by atoms with Crippen molar-refractivity contribution in [3.63, 3.8) is 0 Å². The average molecular weight is 410 g/mol. The lowest BCUT2D eigenvalue weighted by molar-refractivity contribution is -0.136. The summed E-state index contributed by atoms with van der Waals surface area (Å²) in [7, 11) is 0. The third-order valence-corrected chi connectivity index (χ3v) is 7.14. The van der Waals surface area contributed by atoms with Gasteiger partial charge in [-0.3, -0.25) is 29.4 Å². The zero-order chi connectivity index (χ0) is 20.9. The van der Waals surface area contributed by atoms with Gasteiger partial charge in [0.25, 0.3) is 11.8 Å². The third kappa shape index (κ3) is 3.06.